The summed E-state index contributed by atoms with van der Waals surface area (Å²) in [5.41, 5.74) is 1.32. The van der Waals surface area contributed by atoms with Crippen molar-refractivity contribution in [2.45, 2.75) is 33.4 Å². The van der Waals surface area contributed by atoms with Gasteiger partial charge in [0.2, 0.25) is 0 Å². The van der Waals surface area contributed by atoms with E-state index in [4.69, 9.17) is 11.6 Å². The van der Waals surface area contributed by atoms with Gasteiger partial charge in [-0.25, -0.2) is 9.97 Å². The quantitative estimate of drug-likeness (QED) is 0.888. The first-order chi connectivity index (χ1) is 10.5. The number of carbonyl (C=O) groups excluding carboxylic acids is 1. The minimum atomic E-state index is -0.207. The summed E-state index contributed by atoms with van der Waals surface area (Å²) < 4.78 is 0. The molecule has 0 aliphatic heterocycles. The molecule has 0 bridgehead atoms. The van der Waals surface area contributed by atoms with Crippen molar-refractivity contribution in [1.82, 2.24) is 15.3 Å². The smallest absolute Gasteiger partial charge is 0.270 e. The Morgan fingerprint density at radius 2 is 2.00 bits per heavy atom. The van der Waals surface area contributed by atoms with Crippen molar-refractivity contribution in [3.05, 3.63) is 52.4 Å². The van der Waals surface area contributed by atoms with Gasteiger partial charge < -0.3 is 10.6 Å². The van der Waals surface area contributed by atoms with Crippen LogP contribution < -0.4 is 10.6 Å². The Labute approximate surface area is 135 Å². The molecule has 0 aliphatic carbocycles. The van der Waals surface area contributed by atoms with Crippen molar-refractivity contribution in [2.75, 3.05) is 5.32 Å². The van der Waals surface area contributed by atoms with Crippen LogP contribution in [0.2, 0.25) is 5.02 Å². The zero-order chi connectivity index (χ0) is 16.1. The fraction of sp³-hybridized carbons (Fsp3) is 0.312. The molecule has 5 nitrogen and oxygen atoms in total. The summed E-state index contributed by atoms with van der Waals surface area (Å²) in [6, 6.07) is 9.29. The van der Waals surface area contributed by atoms with Crippen LogP contribution in [0.15, 0.2) is 30.3 Å². The number of nitrogens with one attached hydrogen (secondary N) is 2. The molecule has 0 unspecified atom stereocenters. The molecule has 0 saturated heterocycles. The van der Waals surface area contributed by atoms with Crippen LogP contribution in [-0.4, -0.2) is 21.9 Å². The maximum absolute atomic E-state index is 12.0. The standard InChI is InChI=1S/C16H19ClN4O/c1-10(2)19-16(22)14-8-15(21-11(3)20-14)18-9-12-6-4-5-7-13(12)17/h4-8,10H,9H2,1-3H3,(H,19,22)(H,18,20,21). The number of nitrogens with zero attached hydrogens (tertiary/aromatic N) is 2. The number of halogens is 1. The Bertz CT molecular complexity index is 673. The van der Waals surface area contributed by atoms with Crippen molar-refractivity contribution < 1.29 is 4.79 Å². The molecular weight excluding hydrogens is 300 g/mol. The van der Waals surface area contributed by atoms with Crippen molar-refractivity contribution in [3.63, 3.8) is 0 Å². The highest BCUT2D eigenvalue weighted by Gasteiger charge is 2.11. The van der Waals surface area contributed by atoms with Gasteiger partial charge >= 0.3 is 0 Å². The number of anilines is 1. The van der Waals surface area contributed by atoms with Crippen LogP contribution >= 0.6 is 11.6 Å². The minimum Gasteiger partial charge on any atom is -0.366 e. The normalized spacial score (nSPS) is 10.6. The van der Waals surface area contributed by atoms with Crippen molar-refractivity contribution in [3.8, 4) is 0 Å². The minimum absolute atomic E-state index is 0.0577. The Morgan fingerprint density at radius 3 is 2.68 bits per heavy atom. The molecule has 0 spiro atoms. The number of carbonyl (C=O) groups is 1. The van der Waals surface area contributed by atoms with Gasteiger partial charge in [0.15, 0.2) is 0 Å². The third-order valence-electron chi connectivity index (χ3n) is 2.91. The second kappa shape index (κ2) is 7.22. The number of aryl methyl sites for hydroxylation is 1. The summed E-state index contributed by atoms with van der Waals surface area (Å²) >= 11 is 6.12. The van der Waals surface area contributed by atoms with E-state index >= 15 is 0 Å². The van der Waals surface area contributed by atoms with Gasteiger partial charge in [0.1, 0.15) is 17.3 Å². The number of aromatic nitrogens is 2. The number of rotatable bonds is 5. The predicted octanol–water partition coefficient (Wildman–Crippen LogP) is 3.19. The third kappa shape index (κ3) is 4.43. The predicted molar refractivity (Wildman–Crippen MR) is 88.1 cm³/mol. The van der Waals surface area contributed by atoms with E-state index in [2.05, 4.69) is 20.6 Å². The summed E-state index contributed by atoms with van der Waals surface area (Å²) in [6.45, 7) is 6.10. The SMILES string of the molecule is Cc1nc(NCc2ccccc2Cl)cc(C(=O)NC(C)C)n1. The number of hydrogen-bond donors (Lipinski definition) is 2. The Hall–Kier alpha value is -2.14. The number of amides is 1. The van der Waals surface area contributed by atoms with Crippen LogP contribution in [0.1, 0.15) is 35.7 Å². The lowest BCUT2D eigenvalue weighted by atomic mass is 10.2. The van der Waals surface area contributed by atoms with E-state index in [-0.39, 0.29) is 11.9 Å². The van der Waals surface area contributed by atoms with Gasteiger partial charge in [-0.1, -0.05) is 29.8 Å². The fourth-order valence-electron chi connectivity index (χ4n) is 1.94. The zero-order valence-electron chi connectivity index (χ0n) is 12.9. The van der Waals surface area contributed by atoms with Crippen LogP contribution in [0.3, 0.4) is 0 Å². The molecule has 22 heavy (non-hydrogen) atoms. The summed E-state index contributed by atoms with van der Waals surface area (Å²) in [5.74, 6) is 0.931. The van der Waals surface area contributed by atoms with E-state index in [1.54, 1.807) is 13.0 Å². The Morgan fingerprint density at radius 1 is 1.27 bits per heavy atom. The van der Waals surface area contributed by atoms with Crippen LogP contribution in [0.5, 0.6) is 0 Å². The second-order valence-corrected chi connectivity index (χ2v) is 5.67. The maximum atomic E-state index is 12.0. The van der Waals surface area contributed by atoms with E-state index in [9.17, 15) is 4.79 Å². The van der Waals surface area contributed by atoms with Crippen molar-refractivity contribution in [1.29, 1.82) is 0 Å². The first-order valence-corrected chi connectivity index (χ1v) is 7.47. The molecule has 2 N–H and O–H groups in total. The summed E-state index contributed by atoms with van der Waals surface area (Å²) in [7, 11) is 0. The van der Waals surface area contributed by atoms with Gasteiger partial charge in [0, 0.05) is 23.7 Å². The fourth-order valence-corrected chi connectivity index (χ4v) is 2.14. The lowest BCUT2D eigenvalue weighted by molar-refractivity contribution is 0.0937. The molecule has 0 fully saturated rings. The van der Waals surface area contributed by atoms with Crippen LogP contribution in [0.25, 0.3) is 0 Å². The molecule has 0 saturated carbocycles. The molecular formula is C16H19ClN4O. The first-order valence-electron chi connectivity index (χ1n) is 7.09. The highest BCUT2D eigenvalue weighted by molar-refractivity contribution is 6.31. The molecule has 116 valence electrons. The lowest BCUT2D eigenvalue weighted by Crippen LogP contribution is -2.31. The molecule has 0 aliphatic rings. The molecule has 1 amide bonds. The largest absolute Gasteiger partial charge is 0.366 e. The molecule has 0 radical (unpaired) electrons. The highest BCUT2D eigenvalue weighted by atomic mass is 35.5. The van der Waals surface area contributed by atoms with Gasteiger partial charge in [0.05, 0.1) is 0 Å². The van der Waals surface area contributed by atoms with Crippen molar-refractivity contribution in [2.24, 2.45) is 0 Å². The molecule has 6 heteroatoms. The molecule has 1 aromatic carbocycles. The van der Waals surface area contributed by atoms with E-state index in [1.165, 1.54) is 0 Å². The van der Waals surface area contributed by atoms with Crippen LogP contribution in [0, 0.1) is 6.92 Å². The lowest BCUT2D eigenvalue weighted by Gasteiger charge is -2.11. The number of hydrogen-bond acceptors (Lipinski definition) is 4. The van der Waals surface area contributed by atoms with Gasteiger partial charge in [-0.3, -0.25) is 4.79 Å². The second-order valence-electron chi connectivity index (χ2n) is 5.26. The Kier molecular flexibility index (Phi) is 5.33. The van der Waals surface area contributed by atoms with Crippen LogP contribution in [0.4, 0.5) is 5.82 Å². The summed E-state index contributed by atoms with van der Waals surface area (Å²) in [4.78, 5) is 20.5. The summed E-state index contributed by atoms with van der Waals surface area (Å²) in [6.07, 6.45) is 0. The monoisotopic (exact) mass is 318 g/mol. The topological polar surface area (TPSA) is 66.9 Å². The van der Waals surface area contributed by atoms with E-state index < -0.39 is 0 Å². The van der Waals surface area contributed by atoms with E-state index in [0.29, 0.717) is 28.9 Å². The van der Waals surface area contributed by atoms with E-state index in [0.717, 1.165) is 5.56 Å². The van der Waals surface area contributed by atoms with Crippen LogP contribution in [-0.2, 0) is 6.54 Å². The molecule has 1 aromatic heterocycles. The first kappa shape index (κ1) is 16.2. The van der Waals surface area contributed by atoms with Gasteiger partial charge in [0.25, 0.3) is 5.91 Å². The zero-order valence-corrected chi connectivity index (χ0v) is 13.6. The maximum Gasteiger partial charge on any atom is 0.270 e. The molecule has 2 aromatic rings. The highest BCUT2D eigenvalue weighted by Crippen LogP contribution is 2.16. The molecule has 0 atom stereocenters. The van der Waals surface area contributed by atoms with Gasteiger partial charge in [-0.05, 0) is 32.4 Å². The van der Waals surface area contributed by atoms with Gasteiger partial charge in [-0.15, -0.1) is 0 Å². The summed E-state index contributed by atoms with van der Waals surface area (Å²) in [5, 5.41) is 6.69. The third-order valence-corrected chi connectivity index (χ3v) is 3.28. The average molecular weight is 319 g/mol. The molecule has 1 heterocycles. The number of benzene rings is 1. The molecule has 2 rings (SSSR count). The van der Waals surface area contributed by atoms with Crippen molar-refractivity contribution >= 4 is 23.3 Å². The Balaban J connectivity index is 2.13. The van der Waals surface area contributed by atoms with E-state index in [1.807, 2.05) is 38.1 Å². The average Bonchev–Trinajstić information content (AvgIpc) is 2.45. The van der Waals surface area contributed by atoms with Gasteiger partial charge in [-0.2, -0.15) is 0 Å².